The Bertz CT molecular complexity index is 671. The number of aromatic nitrogens is 3. The van der Waals surface area contributed by atoms with E-state index >= 15 is 0 Å². The van der Waals surface area contributed by atoms with Crippen LogP contribution in [0.4, 0.5) is 13.2 Å². The third-order valence-corrected chi connectivity index (χ3v) is 2.96. The van der Waals surface area contributed by atoms with Crippen LogP contribution in [0.5, 0.6) is 0 Å². The second-order valence-electron chi connectivity index (χ2n) is 4.59. The highest BCUT2D eigenvalue weighted by Gasteiger charge is 2.17. The van der Waals surface area contributed by atoms with Crippen molar-refractivity contribution < 1.29 is 18.0 Å². The van der Waals surface area contributed by atoms with E-state index in [1.807, 2.05) is 0 Å². The molecule has 1 aromatic heterocycles. The predicted molar refractivity (Wildman–Crippen MR) is 68.6 cm³/mol. The first kappa shape index (κ1) is 15.0. The number of hydrogen-bond acceptors (Lipinski definition) is 3. The van der Waals surface area contributed by atoms with Gasteiger partial charge in [0.25, 0.3) is 0 Å². The van der Waals surface area contributed by atoms with Gasteiger partial charge in [0.15, 0.2) is 11.6 Å². The molecule has 21 heavy (non-hydrogen) atoms. The SMILES string of the molecule is CNC(=O)[C@H](C)Cn1cc(-c2cc(F)cc(F)c2F)nn1. The normalized spacial score (nSPS) is 12.2. The van der Waals surface area contributed by atoms with Crippen LogP contribution in [0, 0.1) is 23.4 Å². The average molecular weight is 298 g/mol. The number of hydrogen-bond donors (Lipinski definition) is 1. The van der Waals surface area contributed by atoms with Gasteiger partial charge in [0.05, 0.1) is 18.7 Å². The summed E-state index contributed by atoms with van der Waals surface area (Å²) in [5, 5.41) is 9.89. The molecule has 0 radical (unpaired) electrons. The summed E-state index contributed by atoms with van der Waals surface area (Å²) in [7, 11) is 1.51. The summed E-state index contributed by atoms with van der Waals surface area (Å²) in [6.45, 7) is 1.90. The van der Waals surface area contributed by atoms with Gasteiger partial charge < -0.3 is 5.32 Å². The van der Waals surface area contributed by atoms with Crippen LogP contribution >= 0.6 is 0 Å². The minimum Gasteiger partial charge on any atom is -0.359 e. The molecular formula is C13H13F3N4O. The second kappa shape index (κ2) is 5.94. The molecule has 0 saturated carbocycles. The van der Waals surface area contributed by atoms with E-state index < -0.39 is 17.5 Å². The molecule has 1 N–H and O–H groups in total. The maximum Gasteiger partial charge on any atom is 0.224 e. The van der Waals surface area contributed by atoms with E-state index in [2.05, 4.69) is 15.6 Å². The van der Waals surface area contributed by atoms with Crippen molar-refractivity contribution in [2.75, 3.05) is 7.05 Å². The Morgan fingerprint density at radius 2 is 2.10 bits per heavy atom. The number of nitrogens with one attached hydrogen (secondary N) is 1. The number of carbonyl (C=O) groups is 1. The summed E-state index contributed by atoms with van der Waals surface area (Å²) in [6.07, 6.45) is 1.33. The highest BCUT2D eigenvalue weighted by atomic mass is 19.2. The van der Waals surface area contributed by atoms with Gasteiger partial charge in [-0.25, -0.2) is 13.2 Å². The second-order valence-corrected chi connectivity index (χ2v) is 4.59. The van der Waals surface area contributed by atoms with Gasteiger partial charge in [0.2, 0.25) is 5.91 Å². The third kappa shape index (κ3) is 3.21. The fourth-order valence-corrected chi connectivity index (χ4v) is 1.86. The van der Waals surface area contributed by atoms with Crippen LogP contribution in [-0.4, -0.2) is 27.9 Å². The van der Waals surface area contributed by atoms with Crippen molar-refractivity contribution in [3.63, 3.8) is 0 Å². The van der Waals surface area contributed by atoms with Gasteiger partial charge in [-0.05, 0) is 6.07 Å². The predicted octanol–water partition coefficient (Wildman–Crippen LogP) is 1.74. The third-order valence-electron chi connectivity index (χ3n) is 2.96. The fraction of sp³-hybridized carbons (Fsp3) is 0.308. The van der Waals surface area contributed by atoms with Crippen LogP contribution in [0.25, 0.3) is 11.3 Å². The molecule has 5 nitrogen and oxygen atoms in total. The molecule has 0 fully saturated rings. The number of carbonyl (C=O) groups excluding carboxylic acids is 1. The van der Waals surface area contributed by atoms with Gasteiger partial charge in [-0.1, -0.05) is 12.1 Å². The molecule has 0 bridgehead atoms. The molecule has 1 heterocycles. The molecular weight excluding hydrogens is 285 g/mol. The van der Waals surface area contributed by atoms with E-state index in [1.54, 1.807) is 6.92 Å². The van der Waals surface area contributed by atoms with E-state index in [-0.39, 0.29) is 29.6 Å². The molecule has 2 aromatic rings. The summed E-state index contributed by atoms with van der Waals surface area (Å²) in [5.41, 5.74) is -0.318. The van der Waals surface area contributed by atoms with Crippen molar-refractivity contribution in [1.29, 1.82) is 0 Å². The Hall–Kier alpha value is -2.38. The highest BCUT2D eigenvalue weighted by Crippen LogP contribution is 2.23. The fourth-order valence-electron chi connectivity index (χ4n) is 1.86. The minimum atomic E-state index is -1.29. The van der Waals surface area contributed by atoms with Crippen LogP contribution in [0.3, 0.4) is 0 Å². The maximum atomic E-state index is 13.6. The quantitative estimate of drug-likeness (QED) is 0.875. The summed E-state index contributed by atoms with van der Waals surface area (Å²) in [6, 6.07) is 1.30. The number of amides is 1. The molecule has 1 atom stereocenters. The van der Waals surface area contributed by atoms with E-state index in [4.69, 9.17) is 0 Å². The molecule has 1 amide bonds. The molecule has 112 valence electrons. The highest BCUT2D eigenvalue weighted by molar-refractivity contribution is 5.77. The first-order valence-electron chi connectivity index (χ1n) is 6.19. The first-order valence-corrected chi connectivity index (χ1v) is 6.19. The monoisotopic (exact) mass is 298 g/mol. The number of halogens is 3. The van der Waals surface area contributed by atoms with Crippen molar-refractivity contribution in [1.82, 2.24) is 20.3 Å². The molecule has 0 aliphatic heterocycles. The van der Waals surface area contributed by atoms with E-state index in [0.29, 0.717) is 6.07 Å². The van der Waals surface area contributed by atoms with E-state index in [9.17, 15) is 18.0 Å². The Morgan fingerprint density at radius 1 is 1.38 bits per heavy atom. The average Bonchev–Trinajstić information content (AvgIpc) is 2.90. The zero-order chi connectivity index (χ0) is 15.6. The Morgan fingerprint density at radius 3 is 2.76 bits per heavy atom. The molecule has 0 spiro atoms. The zero-order valence-corrected chi connectivity index (χ0v) is 11.4. The first-order chi connectivity index (χ1) is 9.92. The lowest BCUT2D eigenvalue weighted by Crippen LogP contribution is -2.28. The summed E-state index contributed by atoms with van der Waals surface area (Å²) >= 11 is 0. The van der Waals surface area contributed by atoms with Crippen LogP contribution < -0.4 is 5.32 Å². The van der Waals surface area contributed by atoms with Gasteiger partial charge in [0.1, 0.15) is 11.5 Å². The zero-order valence-electron chi connectivity index (χ0n) is 11.4. The number of rotatable bonds is 4. The smallest absolute Gasteiger partial charge is 0.224 e. The van der Waals surface area contributed by atoms with Crippen molar-refractivity contribution in [2.24, 2.45) is 5.92 Å². The lowest BCUT2D eigenvalue weighted by Gasteiger charge is -2.08. The standard InChI is InChI=1S/C13H13F3N4O/c1-7(13(21)17-2)5-20-6-11(18-19-20)9-3-8(14)4-10(15)12(9)16/h3-4,6-7H,5H2,1-2H3,(H,17,21)/t7-/m1/s1. The topological polar surface area (TPSA) is 59.8 Å². The van der Waals surface area contributed by atoms with E-state index in [0.717, 1.165) is 6.07 Å². The number of benzene rings is 1. The Kier molecular flexibility index (Phi) is 4.25. The molecule has 0 aliphatic rings. The molecule has 8 heteroatoms. The van der Waals surface area contributed by atoms with Gasteiger partial charge >= 0.3 is 0 Å². The Balaban J connectivity index is 2.26. The van der Waals surface area contributed by atoms with E-state index in [1.165, 1.54) is 17.9 Å². The Labute approximate surface area is 118 Å². The molecule has 0 saturated heterocycles. The molecule has 1 aromatic carbocycles. The molecule has 0 aliphatic carbocycles. The molecule has 0 unspecified atom stereocenters. The van der Waals surface area contributed by atoms with Crippen LogP contribution in [0.1, 0.15) is 6.92 Å². The van der Waals surface area contributed by atoms with Crippen LogP contribution in [0.15, 0.2) is 18.3 Å². The van der Waals surface area contributed by atoms with Crippen molar-refractivity contribution >= 4 is 5.91 Å². The number of nitrogens with zero attached hydrogens (tertiary/aromatic N) is 3. The molecule has 2 rings (SSSR count). The van der Waals surface area contributed by atoms with Crippen LogP contribution in [-0.2, 0) is 11.3 Å². The van der Waals surface area contributed by atoms with Gasteiger partial charge in [-0.15, -0.1) is 5.10 Å². The lowest BCUT2D eigenvalue weighted by molar-refractivity contribution is -0.124. The van der Waals surface area contributed by atoms with Gasteiger partial charge in [-0.2, -0.15) is 0 Å². The van der Waals surface area contributed by atoms with Gasteiger partial charge in [-0.3, -0.25) is 9.48 Å². The summed E-state index contributed by atoms with van der Waals surface area (Å²) in [4.78, 5) is 11.4. The largest absolute Gasteiger partial charge is 0.359 e. The summed E-state index contributed by atoms with van der Waals surface area (Å²) in [5.74, 6) is -3.95. The van der Waals surface area contributed by atoms with Crippen LogP contribution in [0.2, 0.25) is 0 Å². The lowest BCUT2D eigenvalue weighted by atomic mass is 10.1. The summed E-state index contributed by atoms with van der Waals surface area (Å²) < 4.78 is 41.3. The van der Waals surface area contributed by atoms with Crippen molar-refractivity contribution in [3.8, 4) is 11.3 Å². The van der Waals surface area contributed by atoms with Crippen molar-refractivity contribution in [3.05, 3.63) is 35.8 Å². The minimum absolute atomic E-state index is 0.00462. The maximum absolute atomic E-state index is 13.6. The van der Waals surface area contributed by atoms with Gasteiger partial charge in [0, 0.05) is 18.7 Å². The van der Waals surface area contributed by atoms with Crippen molar-refractivity contribution in [2.45, 2.75) is 13.5 Å².